The van der Waals surface area contributed by atoms with E-state index in [1.54, 1.807) is 17.0 Å². The van der Waals surface area contributed by atoms with Crippen molar-refractivity contribution in [3.63, 3.8) is 0 Å². The van der Waals surface area contributed by atoms with Gasteiger partial charge in [0.2, 0.25) is 11.8 Å². The summed E-state index contributed by atoms with van der Waals surface area (Å²) >= 11 is 0. The molecule has 56 heavy (non-hydrogen) atoms. The number of carbonyl (C=O) groups is 2. The fraction of sp³-hybridized carbons (Fsp3) is 0.651. The highest BCUT2D eigenvalue weighted by Crippen LogP contribution is 2.34. The Morgan fingerprint density at radius 3 is 2.27 bits per heavy atom. The number of piperidine rings is 2. The fourth-order valence-corrected chi connectivity index (χ4v) is 9.63. The molecule has 3 aliphatic heterocycles. The van der Waals surface area contributed by atoms with E-state index in [4.69, 9.17) is 5.73 Å². The molecule has 13 heteroatoms. The number of nitrogens with one attached hydrogen (secondary N) is 1. The minimum absolute atomic E-state index is 0.00819. The third-order valence-electron chi connectivity index (χ3n) is 13.1. The summed E-state index contributed by atoms with van der Waals surface area (Å²) < 4.78 is 2.02. The molecule has 1 saturated carbocycles. The van der Waals surface area contributed by atoms with Gasteiger partial charge in [0.15, 0.2) is 5.82 Å². The average Bonchev–Trinajstić information content (AvgIpc) is 3.79. The highest BCUT2D eigenvalue weighted by molar-refractivity contribution is 5.89. The lowest BCUT2D eigenvalue weighted by atomic mass is 9.81. The van der Waals surface area contributed by atoms with E-state index in [9.17, 15) is 19.8 Å². The lowest BCUT2D eigenvalue weighted by molar-refractivity contribution is -0.141. The summed E-state index contributed by atoms with van der Waals surface area (Å²) in [6.45, 7) is 14.9. The summed E-state index contributed by atoms with van der Waals surface area (Å²) in [6.07, 6.45) is 12.5. The lowest BCUT2D eigenvalue weighted by Gasteiger charge is -2.42. The molecule has 1 aliphatic carbocycles. The zero-order chi connectivity index (χ0) is 39.6. The van der Waals surface area contributed by atoms with Gasteiger partial charge in [-0.15, -0.1) is 10.2 Å². The standard InChI is InChI=1S/C43H63N9O4/c1-28-21-34(53)27-52(28)42(56)39(43(2,3)4)46-41(55)31-9-11-33(12-10-31)50-19-15-29(16-20-50)24-49-17-13-30(14-18-49)25-51-26-32(23-45-51)36-22-37(47-48-40(36)44)35-7-5-6-8-38(35)54/h5-8,22-23,26,28-31,33-34,39,53-54H,9-21,24-25,27H2,1-4H3,(H2,44,48)(H,46,55)/t28-,31-,33-,34-,39-/m1/s1. The average molecular weight is 770 g/mol. The Kier molecular flexibility index (Phi) is 12.3. The maximum Gasteiger partial charge on any atom is 0.246 e. The molecule has 7 rings (SSSR count). The van der Waals surface area contributed by atoms with Crippen molar-refractivity contribution < 1.29 is 19.8 Å². The first-order chi connectivity index (χ1) is 26.8. The van der Waals surface area contributed by atoms with Crippen LogP contribution in [0.3, 0.4) is 0 Å². The highest BCUT2D eigenvalue weighted by atomic mass is 16.3. The number of aromatic nitrogens is 4. The predicted molar refractivity (Wildman–Crippen MR) is 217 cm³/mol. The first-order valence-electron chi connectivity index (χ1n) is 21.0. The fourth-order valence-electron chi connectivity index (χ4n) is 9.63. The molecule has 13 nitrogen and oxygen atoms in total. The Morgan fingerprint density at radius 2 is 1.61 bits per heavy atom. The molecule has 1 aromatic carbocycles. The number of phenolic OH excluding ortho intramolecular Hbond substituents is 1. The third kappa shape index (κ3) is 9.37. The number of likely N-dealkylation sites (tertiary alicyclic amines) is 3. The number of nitrogens with two attached hydrogens (primary N) is 1. The minimum Gasteiger partial charge on any atom is -0.507 e. The molecule has 0 spiro atoms. The summed E-state index contributed by atoms with van der Waals surface area (Å²) in [4.78, 5) is 34.1. The number of anilines is 1. The van der Waals surface area contributed by atoms with Crippen molar-refractivity contribution in [1.29, 1.82) is 0 Å². The summed E-state index contributed by atoms with van der Waals surface area (Å²) in [5, 5.41) is 36.6. The van der Waals surface area contributed by atoms with Crippen molar-refractivity contribution in [2.24, 2.45) is 23.2 Å². The van der Waals surface area contributed by atoms with Gasteiger partial charge in [-0.2, -0.15) is 5.10 Å². The van der Waals surface area contributed by atoms with Gasteiger partial charge in [0.1, 0.15) is 11.8 Å². The van der Waals surface area contributed by atoms with Crippen molar-refractivity contribution in [2.45, 2.75) is 116 Å². The van der Waals surface area contributed by atoms with E-state index in [1.165, 1.54) is 19.4 Å². The lowest BCUT2D eigenvalue weighted by Crippen LogP contribution is -2.57. The van der Waals surface area contributed by atoms with Gasteiger partial charge >= 0.3 is 0 Å². The molecule has 3 saturated heterocycles. The van der Waals surface area contributed by atoms with Gasteiger partial charge in [0.05, 0.1) is 18.0 Å². The molecule has 0 bridgehead atoms. The zero-order valence-electron chi connectivity index (χ0n) is 33.8. The molecule has 4 fully saturated rings. The molecule has 0 unspecified atom stereocenters. The zero-order valence-corrected chi connectivity index (χ0v) is 33.8. The van der Waals surface area contributed by atoms with E-state index >= 15 is 0 Å². The second-order valence-corrected chi connectivity index (χ2v) is 18.3. The number of phenols is 1. The number of β-amino-alcohol motifs (C(OH)–C–C–N with tert-alkyl or cyclic N) is 1. The second kappa shape index (κ2) is 17.2. The number of nitrogen functional groups attached to an aromatic ring is 1. The van der Waals surface area contributed by atoms with Crippen LogP contribution in [0.1, 0.15) is 85.5 Å². The van der Waals surface area contributed by atoms with Gasteiger partial charge in [0, 0.05) is 60.5 Å². The Bertz CT molecular complexity index is 1800. The van der Waals surface area contributed by atoms with Gasteiger partial charge in [-0.05, 0) is 126 Å². The summed E-state index contributed by atoms with van der Waals surface area (Å²) in [7, 11) is 0. The normalized spacial score (nSPS) is 25.3. The quantitative estimate of drug-likeness (QED) is 0.225. The summed E-state index contributed by atoms with van der Waals surface area (Å²) in [5.74, 6) is 1.67. The molecule has 4 aliphatic rings. The van der Waals surface area contributed by atoms with Crippen LogP contribution >= 0.6 is 0 Å². The number of amides is 2. The maximum absolute atomic E-state index is 13.5. The van der Waals surface area contributed by atoms with E-state index in [0.29, 0.717) is 42.0 Å². The van der Waals surface area contributed by atoms with E-state index in [-0.39, 0.29) is 29.5 Å². The van der Waals surface area contributed by atoms with Crippen LogP contribution in [0.2, 0.25) is 0 Å². The van der Waals surface area contributed by atoms with Gasteiger partial charge in [-0.3, -0.25) is 14.3 Å². The van der Waals surface area contributed by atoms with E-state index < -0.39 is 17.6 Å². The van der Waals surface area contributed by atoms with Crippen LogP contribution in [-0.2, 0) is 16.1 Å². The summed E-state index contributed by atoms with van der Waals surface area (Å²) in [6, 6.07) is 8.88. The number of nitrogens with zero attached hydrogens (tertiary/aromatic N) is 7. The largest absolute Gasteiger partial charge is 0.507 e. The highest BCUT2D eigenvalue weighted by Gasteiger charge is 2.42. The first kappa shape index (κ1) is 40.1. The Balaban J connectivity index is 0.817. The van der Waals surface area contributed by atoms with Crippen LogP contribution in [0.25, 0.3) is 22.4 Å². The number of aromatic hydroxyl groups is 1. The van der Waals surface area contributed by atoms with E-state index in [2.05, 4.69) is 30.4 Å². The maximum atomic E-state index is 13.5. The first-order valence-corrected chi connectivity index (χ1v) is 21.0. The molecule has 3 atom stereocenters. The van der Waals surface area contributed by atoms with Gasteiger partial charge in [-0.25, -0.2) is 0 Å². The molecule has 0 radical (unpaired) electrons. The Morgan fingerprint density at radius 1 is 0.929 bits per heavy atom. The van der Waals surface area contributed by atoms with Crippen LogP contribution in [0.15, 0.2) is 42.7 Å². The van der Waals surface area contributed by atoms with Crippen molar-refractivity contribution in [1.82, 2.24) is 40.0 Å². The van der Waals surface area contributed by atoms with Crippen LogP contribution in [-0.4, -0.2) is 120 Å². The number of para-hydroxylation sites is 1. The van der Waals surface area contributed by atoms with Crippen molar-refractivity contribution in [2.75, 3.05) is 45.0 Å². The molecule has 304 valence electrons. The predicted octanol–water partition coefficient (Wildman–Crippen LogP) is 4.79. The minimum atomic E-state index is -0.598. The summed E-state index contributed by atoms with van der Waals surface area (Å²) in [5.41, 5.74) is 8.65. The van der Waals surface area contributed by atoms with Gasteiger partial charge in [-0.1, -0.05) is 32.9 Å². The molecular weight excluding hydrogens is 707 g/mol. The number of aliphatic hydroxyl groups is 1. The number of hydrogen-bond acceptors (Lipinski definition) is 10. The van der Waals surface area contributed by atoms with E-state index in [1.807, 2.05) is 63.0 Å². The van der Waals surface area contributed by atoms with Crippen LogP contribution in [0.5, 0.6) is 5.75 Å². The number of aliphatic hydroxyl groups excluding tert-OH is 1. The van der Waals surface area contributed by atoms with Crippen LogP contribution in [0.4, 0.5) is 5.82 Å². The monoisotopic (exact) mass is 770 g/mol. The van der Waals surface area contributed by atoms with E-state index in [0.717, 1.165) is 88.3 Å². The SMILES string of the molecule is C[C@@H]1C[C@@H](O)CN1C(=O)[C@@H](NC(=O)[C@H]1CC[C@H](N2CCC(CN3CCC(Cn4cc(-c5cc(-c6ccccc6O)nnc5N)cn4)CC3)CC2)CC1)C(C)(C)C. The van der Waals surface area contributed by atoms with Crippen molar-refractivity contribution in [3.8, 4) is 28.1 Å². The number of rotatable bonds is 10. The number of benzene rings is 1. The second-order valence-electron chi connectivity index (χ2n) is 18.3. The molecule has 2 amide bonds. The van der Waals surface area contributed by atoms with Gasteiger partial charge in [0.25, 0.3) is 0 Å². The molecular formula is C43H63N9O4. The topological polar surface area (TPSA) is 166 Å². The smallest absolute Gasteiger partial charge is 0.246 e. The van der Waals surface area contributed by atoms with Crippen molar-refractivity contribution in [3.05, 3.63) is 42.7 Å². The Labute approximate surface area is 332 Å². The molecule has 5 N–H and O–H groups in total. The van der Waals surface area contributed by atoms with Crippen LogP contribution in [0, 0.1) is 23.2 Å². The third-order valence-corrected chi connectivity index (χ3v) is 13.1. The van der Waals surface area contributed by atoms with Gasteiger partial charge < -0.3 is 36.0 Å². The van der Waals surface area contributed by atoms with Crippen LogP contribution < -0.4 is 11.1 Å². The number of hydrogen-bond donors (Lipinski definition) is 4. The molecule has 2 aromatic heterocycles. The molecule has 3 aromatic rings. The number of carbonyl (C=O) groups excluding carboxylic acids is 2. The van der Waals surface area contributed by atoms with Crippen molar-refractivity contribution >= 4 is 17.6 Å². The Hall–Kier alpha value is -4.07. The molecule has 5 heterocycles.